The Kier molecular flexibility index (Phi) is 7.02. The van der Waals surface area contributed by atoms with Crippen LogP contribution in [0.2, 0.25) is 0 Å². The van der Waals surface area contributed by atoms with Gasteiger partial charge in [-0.25, -0.2) is 8.78 Å². The molecule has 0 amide bonds. The minimum absolute atomic E-state index is 0.00714. The number of carbonyl (C=O) groups is 1. The molecule has 1 atom stereocenters. The second kappa shape index (κ2) is 9.51. The van der Waals surface area contributed by atoms with Crippen LogP contribution in [0.4, 0.5) is 8.78 Å². The van der Waals surface area contributed by atoms with Gasteiger partial charge in [0.05, 0.1) is 11.3 Å². The molecular weight excluding hydrogens is 404 g/mol. The Morgan fingerprint density at radius 1 is 1.07 bits per heavy atom. The number of carbonyl (C=O) groups excluding carboxylic acids is 1. The van der Waals surface area contributed by atoms with Gasteiger partial charge in [-0.15, -0.1) is 10.2 Å². The third kappa shape index (κ3) is 5.14. The summed E-state index contributed by atoms with van der Waals surface area (Å²) in [4.78, 5) is 12.3. The zero-order chi connectivity index (χ0) is 21.8. The third-order valence-corrected chi connectivity index (χ3v) is 5.96. The lowest BCUT2D eigenvalue weighted by Crippen LogP contribution is -2.08. The summed E-state index contributed by atoms with van der Waals surface area (Å²) in [7, 11) is 1.85. The summed E-state index contributed by atoms with van der Waals surface area (Å²) < 4.78 is 28.7. The van der Waals surface area contributed by atoms with Gasteiger partial charge in [-0.3, -0.25) is 4.79 Å². The van der Waals surface area contributed by atoms with Crippen LogP contribution in [0.5, 0.6) is 0 Å². The van der Waals surface area contributed by atoms with Gasteiger partial charge in [0.15, 0.2) is 10.9 Å². The lowest BCUT2D eigenvalue weighted by Gasteiger charge is -2.13. The van der Waals surface area contributed by atoms with Crippen molar-refractivity contribution in [2.24, 2.45) is 13.0 Å². The molecule has 3 aromatic rings. The highest BCUT2D eigenvalue weighted by Crippen LogP contribution is 2.26. The maximum atomic E-state index is 13.8. The van der Waals surface area contributed by atoms with Crippen molar-refractivity contribution in [1.29, 1.82) is 0 Å². The Balaban J connectivity index is 1.68. The van der Waals surface area contributed by atoms with Crippen LogP contribution < -0.4 is 0 Å². The lowest BCUT2D eigenvalue weighted by molar-refractivity contribution is 0.101. The minimum atomic E-state index is -0.853. The largest absolute Gasteiger partial charge is 0.309 e. The van der Waals surface area contributed by atoms with Crippen molar-refractivity contribution in [2.75, 3.05) is 5.75 Å². The molecule has 4 nitrogen and oxygen atoms in total. The molecule has 1 heterocycles. The highest BCUT2D eigenvalue weighted by Gasteiger charge is 2.19. The van der Waals surface area contributed by atoms with Crippen LogP contribution in [0.25, 0.3) is 0 Å². The fourth-order valence-electron chi connectivity index (χ4n) is 3.32. The summed E-state index contributed by atoms with van der Waals surface area (Å²) in [6.45, 7) is 6.46. The van der Waals surface area contributed by atoms with Crippen molar-refractivity contribution in [2.45, 2.75) is 38.3 Å². The van der Waals surface area contributed by atoms with Gasteiger partial charge < -0.3 is 4.57 Å². The SMILES string of the molecule is CC(C)Cc1ccc(C(C)c2nnc(SCC(=O)c3ccc(F)cc3F)n2C)cc1. The molecule has 0 N–H and O–H groups in total. The number of hydrogen-bond acceptors (Lipinski definition) is 4. The molecule has 7 heteroatoms. The van der Waals surface area contributed by atoms with Gasteiger partial charge in [-0.05, 0) is 35.6 Å². The molecule has 1 aromatic heterocycles. The molecule has 2 aromatic carbocycles. The Morgan fingerprint density at radius 2 is 1.77 bits per heavy atom. The van der Waals surface area contributed by atoms with E-state index in [-0.39, 0.29) is 17.2 Å². The van der Waals surface area contributed by atoms with Crippen LogP contribution in [0, 0.1) is 17.6 Å². The van der Waals surface area contributed by atoms with E-state index >= 15 is 0 Å². The molecule has 0 bridgehead atoms. The summed E-state index contributed by atoms with van der Waals surface area (Å²) in [5.41, 5.74) is 2.32. The topological polar surface area (TPSA) is 47.8 Å². The van der Waals surface area contributed by atoms with Crippen molar-refractivity contribution in [3.8, 4) is 0 Å². The third-order valence-electron chi connectivity index (χ3n) is 4.94. The van der Waals surface area contributed by atoms with E-state index < -0.39 is 17.4 Å². The van der Waals surface area contributed by atoms with Crippen molar-refractivity contribution in [1.82, 2.24) is 14.8 Å². The summed E-state index contributed by atoms with van der Waals surface area (Å²) in [6.07, 6.45) is 1.04. The number of halogens is 2. The Bertz CT molecular complexity index is 1030. The second-order valence-electron chi connectivity index (χ2n) is 7.80. The lowest BCUT2D eigenvalue weighted by atomic mass is 9.96. The van der Waals surface area contributed by atoms with Crippen molar-refractivity contribution < 1.29 is 13.6 Å². The van der Waals surface area contributed by atoms with Gasteiger partial charge in [0, 0.05) is 19.0 Å². The maximum Gasteiger partial charge on any atom is 0.191 e. The van der Waals surface area contributed by atoms with E-state index in [0.717, 1.165) is 23.9 Å². The molecule has 0 saturated carbocycles. The Hall–Kier alpha value is -2.54. The smallest absolute Gasteiger partial charge is 0.191 e. The van der Waals surface area contributed by atoms with Crippen molar-refractivity contribution >= 4 is 17.5 Å². The summed E-state index contributed by atoms with van der Waals surface area (Å²) in [6, 6.07) is 11.5. The van der Waals surface area contributed by atoms with Crippen LogP contribution in [0.1, 0.15) is 54.0 Å². The van der Waals surface area contributed by atoms with E-state index in [1.807, 2.05) is 11.6 Å². The maximum absolute atomic E-state index is 13.8. The van der Waals surface area contributed by atoms with E-state index in [0.29, 0.717) is 17.1 Å². The summed E-state index contributed by atoms with van der Waals surface area (Å²) in [5, 5.41) is 9.06. The monoisotopic (exact) mass is 429 g/mol. The summed E-state index contributed by atoms with van der Waals surface area (Å²) in [5.74, 6) is -0.555. The van der Waals surface area contributed by atoms with Gasteiger partial charge in [0.1, 0.15) is 17.5 Å². The number of rotatable bonds is 8. The molecule has 0 aliphatic carbocycles. The molecular formula is C23H25F2N3OS. The number of benzene rings is 2. The molecule has 0 saturated heterocycles. The zero-order valence-electron chi connectivity index (χ0n) is 17.5. The van der Waals surface area contributed by atoms with Crippen molar-refractivity contribution in [3.63, 3.8) is 0 Å². The molecule has 0 spiro atoms. The van der Waals surface area contributed by atoms with Gasteiger partial charge in [-0.2, -0.15) is 0 Å². The second-order valence-corrected chi connectivity index (χ2v) is 8.74. The molecule has 3 rings (SSSR count). The fourth-order valence-corrected chi connectivity index (χ4v) is 4.12. The average Bonchev–Trinajstić information content (AvgIpc) is 3.06. The van der Waals surface area contributed by atoms with Gasteiger partial charge in [0.2, 0.25) is 0 Å². The first kappa shape index (κ1) is 22.2. The molecule has 158 valence electrons. The Labute approximate surface area is 179 Å². The molecule has 0 fully saturated rings. The number of Topliss-reactive ketones (excluding diaryl/α,β-unsaturated/α-hetero) is 1. The average molecular weight is 430 g/mol. The first-order valence-corrected chi connectivity index (χ1v) is 10.8. The number of aromatic nitrogens is 3. The molecule has 0 aliphatic heterocycles. The van der Waals surface area contributed by atoms with E-state index in [4.69, 9.17) is 0 Å². The Morgan fingerprint density at radius 3 is 2.40 bits per heavy atom. The minimum Gasteiger partial charge on any atom is -0.309 e. The van der Waals surface area contributed by atoms with Crippen LogP contribution >= 0.6 is 11.8 Å². The number of nitrogens with zero attached hydrogens (tertiary/aromatic N) is 3. The highest BCUT2D eigenvalue weighted by atomic mass is 32.2. The van der Waals surface area contributed by atoms with E-state index in [1.165, 1.54) is 23.4 Å². The zero-order valence-corrected chi connectivity index (χ0v) is 18.3. The fraction of sp³-hybridized carbons (Fsp3) is 0.348. The van der Waals surface area contributed by atoms with Crippen LogP contribution in [0.15, 0.2) is 47.6 Å². The number of ketones is 1. The predicted octanol–water partition coefficient (Wildman–Crippen LogP) is 5.42. The number of hydrogen-bond donors (Lipinski definition) is 0. The molecule has 30 heavy (non-hydrogen) atoms. The van der Waals surface area contributed by atoms with Crippen LogP contribution in [-0.4, -0.2) is 26.3 Å². The highest BCUT2D eigenvalue weighted by molar-refractivity contribution is 7.99. The normalized spacial score (nSPS) is 12.4. The number of thioether (sulfide) groups is 1. The molecule has 1 unspecified atom stereocenters. The van der Waals surface area contributed by atoms with E-state index in [9.17, 15) is 13.6 Å². The van der Waals surface area contributed by atoms with Gasteiger partial charge in [-0.1, -0.05) is 56.8 Å². The predicted molar refractivity (Wildman–Crippen MR) is 115 cm³/mol. The first-order chi connectivity index (χ1) is 14.3. The molecule has 0 aliphatic rings. The van der Waals surface area contributed by atoms with E-state index in [2.05, 4.69) is 55.2 Å². The van der Waals surface area contributed by atoms with Crippen molar-refractivity contribution in [3.05, 3.63) is 76.6 Å². The van der Waals surface area contributed by atoms with Crippen LogP contribution in [-0.2, 0) is 13.5 Å². The summed E-state index contributed by atoms with van der Waals surface area (Å²) >= 11 is 1.18. The van der Waals surface area contributed by atoms with E-state index in [1.54, 1.807) is 0 Å². The van der Waals surface area contributed by atoms with Gasteiger partial charge >= 0.3 is 0 Å². The molecule has 0 radical (unpaired) electrons. The quantitative estimate of drug-likeness (QED) is 0.354. The first-order valence-electron chi connectivity index (χ1n) is 9.85. The van der Waals surface area contributed by atoms with Crippen LogP contribution in [0.3, 0.4) is 0 Å². The standard InChI is InChI=1S/C23H25F2N3OS/c1-14(2)11-16-5-7-17(8-6-16)15(3)22-26-27-23(28(22)4)30-13-21(29)19-10-9-18(24)12-20(19)25/h5-10,12,14-15H,11,13H2,1-4H3. The van der Waals surface area contributed by atoms with Gasteiger partial charge in [0.25, 0.3) is 0 Å².